The van der Waals surface area contributed by atoms with Crippen LogP contribution in [-0.4, -0.2) is 12.6 Å². The number of nitrogens with one attached hydrogen (secondary N) is 1. The number of hydrogen-bond acceptors (Lipinski definition) is 1. The summed E-state index contributed by atoms with van der Waals surface area (Å²) < 4.78 is 0. The third-order valence-corrected chi connectivity index (χ3v) is 2.71. The molecule has 0 radical (unpaired) electrons. The summed E-state index contributed by atoms with van der Waals surface area (Å²) in [5.74, 6) is 0.956. The lowest BCUT2D eigenvalue weighted by atomic mass is 9.94. The van der Waals surface area contributed by atoms with E-state index in [1.165, 1.54) is 18.4 Å². The van der Waals surface area contributed by atoms with E-state index in [1.54, 1.807) is 0 Å². The molecule has 1 aliphatic rings. The van der Waals surface area contributed by atoms with Gasteiger partial charge in [-0.05, 0) is 38.0 Å². The molecule has 0 bridgehead atoms. The second-order valence-electron chi connectivity index (χ2n) is 5.86. The van der Waals surface area contributed by atoms with Crippen LogP contribution in [0.1, 0.15) is 47.5 Å². The third kappa shape index (κ3) is 4.80. The predicted molar refractivity (Wildman–Crippen MR) is 63.4 cm³/mol. The molecule has 14 heavy (non-hydrogen) atoms. The molecule has 0 heterocycles. The zero-order valence-corrected chi connectivity index (χ0v) is 10.4. The van der Waals surface area contributed by atoms with Crippen LogP contribution < -0.4 is 5.32 Å². The molecular formula is C13H25N. The van der Waals surface area contributed by atoms with Gasteiger partial charge in [0.2, 0.25) is 0 Å². The fourth-order valence-corrected chi connectivity index (χ4v) is 1.88. The number of rotatable bonds is 4. The van der Waals surface area contributed by atoms with Crippen molar-refractivity contribution in [1.82, 2.24) is 5.32 Å². The summed E-state index contributed by atoms with van der Waals surface area (Å²) in [6, 6.07) is 0.707. The van der Waals surface area contributed by atoms with E-state index >= 15 is 0 Å². The highest BCUT2D eigenvalue weighted by Gasteiger charge is 2.27. The molecule has 0 spiro atoms. The van der Waals surface area contributed by atoms with Crippen LogP contribution in [0.25, 0.3) is 0 Å². The Morgan fingerprint density at radius 1 is 1.43 bits per heavy atom. The van der Waals surface area contributed by atoms with Gasteiger partial charge in [-0.15, -0.1) is 0 Å². The summed E-state index contributed by atoms with van der Waals surface area (Å²) >= 11 is 0. The largest absolute Gasteiger partial charge is 0.310 e. The van der Waals surface area contributed by atoms with E-state index in [2.05, 4.69) is 46.0 Å². The summed E-state index contributed by atoms with van der Waals surface area (Å²) in [6.45, 7) is 12.3. The number of allylic oxidation sites excluding steroid dienone is 1. The Hall–Kier alpha value is -0.300. The second-order valence-corrected chi connectivity index (χ2v) is 5.86. The van der Waals surface area contributed by atoms with Crippen LogP contribution in [0.5, 0.6) is 0 Å². The first-order valence-corrected chi connectivity index (χ1v) is 5.80. The van der Waals surface area contributed by atoms with Gasteiger partial charge < -0.3 is 5.32 Å². The highest BCUT2D eigenvalue weighted by molar-refractivity contribution is 5.06. The van der Waals surface area contributed by atoms with Gasteiger partial charge >= 0.3 is 0 Å². The van der Waals surface area contributed by atoms with Crippen molar-refractivity contribution in [3.05, 3.63) is 11.6 Å². The normalized spacial score (nSPS) is 21.1. The van der Waals surface area contributed by atoms with Crippen LogP contribution in [0.4, 0.5) is 0 Å². The average Bonchev–Trinajstić information content (AvgIpc) is 2.78. The van der Waals surface area contributed by atoms with Gasteiger partial charge in [0.25, 0.3) is 0 Å². The third-order valence-electron chi connectivity index (χ3n) is 2.71. The molecule has 0 amide bonds. The van der Waals surface area contributed by atoms with Crippen molar-refractivity contribution < 1.29 is 0 Å². The van der Waals surface area contributed by atoms with Crippen LogP contribution in [-0.2, 0) is 0 Å². The quantitative estimate of drug-likeness (QED) is 0.678. The fourth-order valence-electron chi connectivity index (χ4n) is 1.88. The lowest BCUT2D eigenvalue weighted by Crippen LogP contribution is -2.29. The summed E-state index contributed by atoms with van der Waals surface area (Å²) in [6.07, 6.45) is 5.21. The average molecular weight is 195 g/mol. The maximum Gasteiger partial charge on any atom is 0.0164 e. The molecule has 1 fully saturated rings. The van der Waals surface area contributed by atoms with Gasteiger partial charge in [-0.1, -0.05) is 32.4 Å². The first-order valence-electron chi connectivity index (χ1n) is 5.80. The molecule has 0 aromatic carbocycles. The molecule has 82 valence electrons. The molecule has 0 aliphatic heterocycles. The van der Waals surface area contributed by atoms with Crippen LogP contribution in [0.3, 0.4) is 0 Å². The maximum absolute atomic E-state index is 3.60. The van der Waals surface area contributed by atoms with E-state index in [1.807, 2.05) is 0 Å². The van der Waals surface area contributed by atoms with Gasteiger partial charge in [0.1, 0.15) is 0 Å². The monoisotopic (exact) mass is 195 g/mol. The maximum atomic E-state index is 3.60. The lowest BCUT2D eigenvalue weighted by molar-refractivity contribution is 0.506. The summed E-state index contributed by atoms with van der Waals surface area (Å²) in [7, 11) is 0. The summed E-state index contributed by atoms with van der Waals surface area (Å²) in [5, 5.41) is 3.60. The van der Waals surface area contributed by atoms with Gasteiger partial charge in [0.15, 0.2) is 0 Å². The van der Waals surface area contributed by atoms with E-state index in [0.29, 0.717) is 11.5 Å². The molecule has 1 nitrogen and oxygen atoms in total. The predicted octanol–water partition coefficient (Wildman–Crippen LogP) is 3.37. The van der Waals surface area contributed by atoms with Crippen LogP contribution in [0.2, 0.25) is 0 Å². The van der Waals surface area contributed by atoms with Crippen molar-refractivity contribution in [3.63, 3.8) is 0 Å². The fraction of sp³-hybridized carbons (Fsp3) is 0.846. The zero-order valence-electron chi connectivity index (χ0n) is 10.4. The van der Waals surface area contributed by atoms with E-state index in [0.717, 1.165) is 12.5 Å². The van der Waals surface area contributed by atoms with E-state index in [-0.39, 0.29) is 0 Å². The number of hydrogen-bond donors (Lipinski definition) is 1. The van der Waals surface area contributed by atoms with Gasteiger partial charge in [-0.3, -0.25) is 0 Å². The van der Waals surface area contributed by atoms with E-state index < -0.39 is 0 Å². The first-order chi connectivity index (χ1) is 6.38. The first kappa shape index (κ1) is 11.8. The molecule has 1 rings (SSSR count). The van der Waals surface area contributed by atoms with Gasteiger partial charge in [0.05, 0.1) is 0 Å². The van der Waals surface area contributed by atoms with Crippen LogP contribution in [0.15, 0.2) is 11.6 Å². The van der Waals surface area contributed by atoms with Crippen molar-refractivity contribution in [2.75, 3.05) is 6.54 Å². The molecule has 0 unspecified atom stereocenters. The molecule has 0 saturated heterocycles. The molecule has 0 aromatic rings. The highest BCUT2D eigenvalue weighted by Crippen LogP contribution is 2.32. The topological polar surface area (TPSA) is 12.0 Å². The van der Waals surface area contributed by atoms with Crippen molar-refractivity contribution in [1.29, 1.82) is 0 Å². The minimum atomic E-state index is 0.314. The van der Waals surface area contributed by atoms with Crippen molar-refractivity contribution in [3.8, 4) is 0 Å². The molecular weight excluding hydrogens is 170 g/mol. The molecule has 1 heteroatoms. The summed E-state index contributed by atoms with van der Waals surface area (Å²) in [4.78, 5) is 0. The smallest absolute Gasteiger partial charge is 0.0164 e. The SMILES string of the molecule is C/C(=C\C(C)(C)C)CN[C@@H](C)C1CC1. The summed E-state index contributed by atoms with van der Waals surface area (Å²) in [5.41, 5.74) is 1.78. The Kier molecular flexibility index (Phi) is 3.77. The van der Waals surface area contributed by atoms with Crippen molar-refractivity contribution in [2.45, 2.75) is 53.5 Å². The minimum absolute atomic E-state index is 0.314. The molecule has 1 N–H and O–H groups in total. The van der Waals surface area contributed by atoms with Crippen LogP contribution >= 0.6 is 0 Å². The molecule has 1 aliphatic carbocycles. The molecule has 1 saturated carbocycles. The molecule has 0 aromatic heterocycles. The lowest BCUT2D eigenvalue weighted by Gasteiger charge is -2.17. The molecule has 1 atom stereocenters. The Bertz CT molecular complexity index is 206. The van der Waals surface area contributed by atoms with Crippen molar-refractivity contribution in [2.24, 2.45) is 11.3 Å². The van der Waals surface area contributed by atoms with Gasteiger partial charge in [-0.25, -0.2) is 0 Å². The Balaban J connectivity index is 2.26. The van der Waals surface area contributed by atoms with E-state index in [9.17, 15) is 0 Å². The van der Waals surface area contributed by atoms with Gasteiger partial charge in [-0.2, -0.15) is 0 Å². The van der Waals surface area contributed by atoms with Crippen molar-refractivity contribution >= 4 is 0 Å². The zero-order chi connectivity index (χ0) is 10.8. The Morgan fingerprint density at radius 2 is 2.00 bits per heavy atom. The second kappa shape index (κ2) is 4.48. The Labute approximate surface area is 89.0 Å². The van der Waals surface area contributed by atoms with Gasteiger partial charge in [0, 0.05) is 12.6 Å². The minimum Gasteiger partial charge on any atom is -0.310 e. The highest BCUT2D eigenvalue weighted by atomic mass is 14.9. The van der Waals surface area contributed by atoms with Crippen LogP contribution in [0, 0.1) is 11.3 Å². The standard InChI is InChI=1S/C13H25N/c1-10(8-13(3,4)5)9-14-11(2)12-6-7-12/h8,11-12,14H,6-7,9H2,1-5H3/b10-8+/t11-/m0/s1. The van der Waals surface area contributed by atoms with E-state index in [4.69, 9.17) is 0 Å². The Morgan fingerprint density at radius 3 is 2.43 bits per heavy atom.